The normalized spacial score (nSPS) is 18.5. The van der Waals surface area contributed by atoms with Crippen LogP contribution in [0.4, 0.5) is 0 Å². The molecule has 2 atom stereocenters. The first-order chi connectivity index (χ1) is 15.7. The molecule has 4 N–H and O–H groups in total. The zero-order valence-electron chi connectivity index (χ0n) is 18.6. The molecule has 11 nitrogen and oxygen atoms in total. The van der Waals surface area contributed by atoms with Crippen LogP contribution in [0.25, 0.3) is 0 Å². The number of carboxylic acids is 2. The van der Waals surface area contributed by atoms with Gasteiger partial charge in [0.2, 0.25) is 0 Å². The van der Waals surface area contributed by atoms with Crippen LogP contribution < -0.4 is 9.47 Å². The maximum atomic E-state index is 12.6. The summed E-state index contributed by atoms with van der Waals surface area (Å²) in [6.45, 7) is 0.859. The molecule has 1 saturated carbocycles. The number of ether oxygens (including phenoxy) is 2. The van der Waals surface area contributed by atoms with E-state index in [2.05, 4.69) is 0 Å². The summed E-state index contributed by atoms with van der Waals surface area (Å²) >= 11 is 0. The minimum Gasteiger partial charge on any atom is -0.494 e. The molecule has 1 fully saturated rings. The summed E-state index contributed by atoms with van der Waals surface area (Å²) in [4.78, 5) is 38.2. The molecular formula is C22H32N2O9. The first-order valence-electron chi connectivity index (χ1n) is 10.9. The summed E-state index contributed by atoms with van der Waals surface area (Å²) in [6, 6.07) is 5.55. The number of aliphatic hydroxyl groups is 2. The van der Waals surface area contributed by atoms with Crippen LogP contribution in [-0.4, -0.2) is 99.3 Å². The zero-order chi connectivity index (χ0) is 24.4. The molecule has 0 spiro atoms. The fraction of sp³-hybridized carbons (Fsp3) is 0.591. The van der Waals surface area contributed by atoms with Crippen LogP contribution in [0.5, 0.6) is 11.5 Å². The molecule has 1 aromatic carbocycles. The summed E-state index contributed by atoms with van der Waals surface area (Å²) in [5.41, 5.74) is 0. The van der Waals surface area contributed by atoms with Gasteiger partial charge in [0, 0.05) is 12.1 Å². The summed E-state index contributed by atoms with van der Waals surface area (Å²) in [7, 11) is 0. The van der Waals surface area contributed by atoms with Crippen molar-refractivity contribution >= 4 is 17.9 Å². The third kappa shape index (κ3) is 8.97. The largest absolute Gasteiger partial charge is 0.494 e. The highest BCUT2D eigenvalue weighted by molar-refractivity contribution is 5.74. The summed E-state index contributed by atoms with van der Waals surface area (Å²) < 4.78 is 10.7. The maximum Gasteiger partial charge on any atom is 0.325 e. The molecule has 33 heavy (non-hydrogen) atoms. The molecule has 1 aromatic rings. The molecule has 1 aliphatic rings. The van der Waals surface area contributed by atoms with Crippen LogP contribution in [-0.2, 0) is 14.4 Å². The standard InChI is InChI=1S/C22H32N2O9/c1-2-32-15-7-9-16(10-8-15)33-22(31)14-24(13-21(29)30)18-6-4-3-5-17(18)23(11-19(25)26)12-20(27)28/h7-10,17-18,21,29-30H,2-6,11-14H2,1H3,(H,25,26)(H,27,28)/t17-,18-/m0/s1. The monoisotopic (exact) mass is 468 g/mol. The van der Waals surface area contributed by atoms with Crippen molar-refractivity contribution in [2.75, 3.05) is 32.8 Å². The molecule has 0 unspecified atom stereocenters. The zero-order valence-corrected chi connectivity index (χ0v) is 18.6. The SMILES string of the molecule is CCOc1ccc(OC(=O)CN(CC(O)O)[C@H]2CCCC[C@@H]2N(CC(=O)O)CC(=O)O)cc1. The number of hydrogen-bond donors (Lipinski definition) is 4. The maximum absolute atomic E-state index is 12.6. The number of benzene rings is 1. The van der Waals surface area contributed by atoms with Gasteiger partial charge in [0.1, 0.15) is 11.5 Å². The molecule has 0 aromatic heterocycles. The van der Waals surface area contributed by atoms with E-state index in [1.165, 1.54) is 9.80 Å². The van der Waals surface area contributed by atoms with Crippen LogP contribution in [0.3, 0.4) is 0 Å². The molecule has 0 aliphatic heterocycles. The smallest absolute Gasteiger partial charge is 0.325 e. The van der Waals surface area contributed by atoms with E-state index in [4.69, 9.17) is 9.47 Å². The Balaban J connectivity index is 2.16. The van der Waals surface area contributed by atoms with Crippen molar-refractivity contribution in [1.29, 1.82) is 0 Å². The second-order valence-corrected chi connectivity index (χ2v) is 7.90. The predicted octanol–water partition coefficient (Wildman–Crippen LogP) is 0.386. The van der Waals surface area contributed by atoms with Gasteiger partial charge >= 0.3 is 17.9 Å². The Bertz CT molecular complexity index is 769. The minimum atomic E-state index is -1.74. The predicted molar refractivity (Wildman–Crippen MR) is 116 cm³/mol. The van der Waals surface area contributed by atoms with Crippen LogP contribution in [0.1, 0.15) is 32.6 Å². The fourth-order valence-electron chi connectivity index (χ4n) is 4.21. The average molecular weight is 469 g/mol. The van der Waals surface area contributed by atoms with E-state index in [0.29, 0.717) is 30.9 Å². The second-order valence-electron chi connectivity index (χ2n) is 7.90. The Hall–Kier alpha value is -2.73. The number of rotatable bonds is 13. The van der Waals surface area contributed by atoms with Gasteiger partial charge < -0.3 is 29.9 Å². The van der Waals surface area contributed by atoms with Crippen LogP contribution in [0.2, 0.25) is 0 Å². The van der Waals surface area contributed by atoms with Crippen molar-refractivity contribution in [3.63, 3.8) is 0 Å². The number of nitrogens with zero attached hydrogens (tertiary/aromatic N) is 2. The van der Waals surface area contributed by atoms with Gasteiger partial charge in [-0.1, -0.05) is 12.8 Å². The third-order valence-electron chi connectivity index (χ3n) is 5.41. The Morgan fingerprint density at radius 3 is 1.91 bits per heavy atom. The lowest BCUT2D eigenvalue weighted by Gasteiger charge is -2.44. The molecule has 0 amide bonds. The molecule has 0 saturated heterocycles. The van der Waals surface area contributed by atoms with E-state index in [1.807, 2.05) is 6.92 Å². The number of carbonyl (C=O) groups is 3. The van der Waals surface area contributed by atoms with Crippen molar-refractivity contribution in [3.05, 3.63) is 24.3 Å². The van der Waals surface area contributed by atoms with Crippen molar-refractivity contribution in [2.24, 2.45) is 0 Å². The number of hydrogen-bond acceptors (Lipinski definition) is 9. The van der Waals surface area contributed by atoms with E-state index in [9.17, 15) is 34.8 Å². The summed E-state index contributed by atoms with van der Waals surface area (Å²) in [6.07, 6.45) is 0.878. The number of aliphatic carboxylic acids is 2. The molecule has 2 rings (SSSR count). The number of carboxylic acid groups (broad SMARTS) is 2. The van der Waals surface area contributed by atoms with Gasteiger partial charge in [-0.25, -0.2) is 0 Å². The Labute approximate surface area is 192 Å². The number of esters is 1. The fourth-order valence-corrected chi connectivity index (χ4v) is 4.21. The highest BCUT2D eigenvalue weighted by Gasteiger charge is 2.37. The van der Waals surface area contributed by atoms with Crippen molar-refractivity contribution < 1.29 is 44.3 Å². The lowest BCUT2D eigenvalue weighted by atomic mass is 9.87. The molecular weight excluding hydrogens is 436 g/mol. The molecule has 184 valence electrons. The quantitative estimate of drug-likeness (QED) is 0.180. The van der Waals surface area contributed by atoms with Gasteiger partial charge in [0.25, 0.3) is 0 Å². The first-order valence-corrected chi connectivity index (χ1v) is 10.9. The molecule has 1 aliphatic carbocycles. The van der Waals surface area contributed by atoms with E-state index in [0.717, 1.165) is 12.8 Å². The summed E-state index contributed by atoms with van der Waals surface area (Å²) in [5.74, 6) is -2.03. The Morgan fingerprint density at radius 1 is 0.909 bits per heavy atom. The third-order valence-corrected chi connectivity index (χ3v) is 5.41. The molecule has 11 heteroatoms. The van der Waals surface area contributed by atoms with E-state index in [1.54, 1.807) is 24.3 Å². The highest BCUT2D eigenvalue weighted by atomic mass is 16.5. The highest BCUT2D eigenvalue weighted by Crippen LogP contribution is 2.28. The van der Waals surface area contributed by atoms with Crippen LogP contribution in [0, 0.1) is 0 Å². The molecule has 0 heterocycles. The van der Waals surface area contributed by atoms with Crippen molar-refractivity contribution in [3.8, 4) is 11.5 Å². The van der Waals surface area contributed by atoms with E-state index >= 15 is 0 Å². The number of carbonyl (C=O) groups excluding carboxylic acids is 1. The van der Waals surface area contributed by atoms with Gasteiger partial charge in [0.15, 0.2) is 6.29 Å². The summed E-state index contributed by atoms with van der Waals surface area (Å²) in [5, 5.41) is 37.7. The second kappa shape index (κ2) is 13.1. The topological polar surface area (TPSA) is 157 Å². The Morgan fingerprint density at radius 2 is 1.42 bits per heavy atom. The first kappa shape index (κ1) is 26.5. The van der Waals surface area contributed by atoms with Gasteiger partial charge in [-0.15, -0.1) is 0 Å². The van der Waals surface area contributed by atoms with E-state index < -0.39 is 49.4 Å². The van der Waals surface area contributed by atoms with Gasteiger partial charge in [-0.05, 0) is 44.0 Å². The average Bonchev–Trinajstić information content (AvgIpc) is 2.73. The Kier molecular flexibility index (Phi) is 10.5. The van der Waals surface area contributed by atoms with Crippen molar-refractivity contribution in [1.82, 2.24) is 9.80 Å². The minimum absolute atomic E-state index is 0.270. The lowest BCUT2D eigenvalue weighted by molar-refractivity contribution is -0.147. The van der Waals surface area contributed by atoms with Gasteiger partial charge in [-0.2, -0.15) is 0 Å². The molecule has 0 radical (unpaired) electrons. The van der Waals surface area contributed by atoms with E-state index in [-0.39, 0.29) is 13.1 Å². The van der Waals surface area contributed by atoms with Crippen LogP contribution in [0.15, 0.2) is 24.3 Å². The lowest BCUT2D eigenvalue weighted by Crippen LogP contribution is -2.57. The van der Waals surface area contributed by atoms with Gasteiger partial charge in [-0.3, -0.25) is 24.2 Å². The molecule has 0 bridgehead atoms. The van der Waals surface area contributed by atoms with Crippen molar-refractivity contribution in [2.45, 2.75) is 51.0 Å². The number of aliphatic hydroxyl groups excluding tert-OH is 1. The van der Waals surface area contributed by atoms with Gasteiger partial charge in [0.05, 0.1) is 32.8 Å². The van der Waals surface area contributed by atoms with Crippen LogP contribution >= 0.6 is 0 Å².